The first-order valence-electron chi connectivity index (χ1n) is 5.74. The average molecular weight is 203 g/mol. The zero-order valence-corrected chi connectivity index (χ0v) is 9.59. The molecule has 0 amide bonds. The molecule has 0 spiro atoms. The lowest BCUT2D eigenvalue weighted by molar-refractivity contribution is 0.135. The molecule has 14 heavy (non-hydrogen) atoms. The average Bonchev–Trinajstić information content (AvgIpc) is 2.21. The zero-order chi connectivity index (χ0) is 10.6. The Morgan fingerprint density at radius 3 is 2.64 bits per heavy atom. The quantitative estimate of drug-likeness (QED) is 0.528. The molecule has 0 radical (unpaired) electrons. The number of ether oxygens (including phenoxy) is 1. The van der Waals surface area contributed by atoms with Gasteiger partial charge in [-0.15, -0.1) is 0 Å². The molecule has 0 aliphatic heterocycles. The summed E-state index contributed by atoms with van der Waals surface area (Å²) >= 11 is 0. The van der Waals surface area contributed by atoms with Gasteiger partial charge in [-0.3, -0.25) is 0 Å². The molecule has 0 fully saturated rings. The van der Waals surface area contributed by atoms with Crippen LogP contribution in [0.4, 0.5) is 0 Å². The Labute approximate surface area is 87.8 Å². The van der Waals surface area contributed by atoms with Gasteiger partial charge in [0.05, 0.1) is 6.61 Å². The summed E-state index contributed by atoms with van der Waals surface area (Å²) in [5.41, 5.74) is 0. The molecule has 3 heteroatoms. The molecule has 0 bridgehead atoms. The first-order chi connectivity index (χ1) is 6.85. The fraction of sp³-hybridized carbons (Fsp3) is 1.00. The smallest absolute Gasteiger partial charge is 0.0590 e. The second-order valence-corrected chi connectivity index (χ2v) is 3.60. The van der Waals surface area contributed by atoms with Crippen LogP contribution in [0.15, 0.2) is 0 Å². The summed E-state index contributed by atoms with van der Waals surface area (Å²) in [4.78, 5) is 0. The van der Waals surface area contributed by atoms with Crippen LogP contribution in [-0.2, 0) is 4.74 Å². The molecule has 86 valence electrons. The van der Waals surface area contributed by atoms with Gasteiger partial charge in [0, 0.05) is 19.8 Å². The lowest BCUT2D eigenvalue weighted by Gasteiger charge is -2.14. The van der Waals surface area contributed by atoms with Crippen molar-refractivity contribution in [3.05, 3.63) is 0 Å². The van der Waals surface area contributed by atoms with Crippen LogP contribution in [0, 0.1) is 5.92 Å². The van der Waals surface area contributed by atoms with E-state index in [0.29, 0.717) is 12.5 Å². The lowest BCUT2D eigenvalue weighted by atomic mass is 10.0. The van der Waals surface area contributed by atoms with Crippen molar-refractivity contribution in [2.24, 2.45) is 5.92 Å². The van der Waals surface area contributed by atoms with Crippen molar-refractivity contribution in [1.82, 2.24) is 5.32 Å². The van der Waals surface area contributed by atoms with Crippen molar-refractivity contribution in [3.63, 3.8) is 0 Å². The molecule has 3 nitrogen and oxygen atoms in total. The molecule has 0 rings (SSSR count). The van der Waals surface area contributed by atoms with E-state index < -0.39 is 0 Å². The summed E-state index contributed by atoms with van der Waals surface area (Å²) in [5.74, 6) is 0.603. The van der Waals surface area contributed by atoms with Gasteiger partial charge in [-0.2, -0.15) is 0 Å². The van der Waals surface area contributed by atoms with E-state index >= 15 is 0 Å². The van der Waals surface area contributed by atoms with Crippen molar-refractivity contribution in [2.75, 3.05) is 32.9 Å². The van der Waals surface area contributed by atoms with Crippen molar-refractivity contribution in [1.29, 1.82) is 0 Å². The summed E-state index contributed by atoms with van der Waals surface area (Å²) in [6.45, 7) is 8.14. The third-order valence-corrected chi connectivity index (χ3v) is 2.32. The van der Waals surface area contributed by atoms with Crippen LogP contribution in [0.1, 0.15) is 33.1 Å². The van der Waals surface area contributed by atoms with Gasteiger partial charge < -0.3 is 15.2 Å². The second kappa shape index (κ2) is 11.0. The third kappa shape index (κ3) is 8.48. The van der Waals surface area contributed by atoms with Crippen molar-refractivity contribution in [2.45, 2.75) is 33.1 Å². The predicted octanol–water partition coefficient (Wildman–Crippen LogP) is 1.41. The van der Waals surface area contributed by atoms with E-state index in [2.05, 4.69) is 19.2 Å². The van der Waals surface area contributed by atoms with Gasteiger partial charge in [0.25, 0.3) is 0 Å². The minimum atomic E-state index is 0.298. The van der Waals surface area contributed by atoms with Crippen LogP contribution in [0.5, 0.6) is 0 Å². The highest BCUT2D eigenvalue weighted by Crippen LogP contribution is 2.04. The number of aliphatic hydroxyl groups is 1. The summed E-state index contributed by atoms with van der Waals surface area (Å²) in [6.07, 6.45) is 3.12. The monoisotopic (exact) mass is 203 g/mol. The van der Waals surface area contributed by atoms with E-state index in [-0.39, 0.29) is 0 Å². The number of aliphatic hydroxyl groups excluding tert-OH is 1. The van der Waals surface area contributed by atoms with Crippen molar-refractivity contribution in [3.8, 4) is 0 Å². The van der Waals surface area contributed by atoms with Crippen molar-refractivity contribution >= 4 is 0 Å². The molecule has 0 aliphatic rings. The van der Waals surface area contributed by atoms with Gasteiger partial charge in [0.15, 0.2) is 0 Å². The number of hydrogen-bond donors (Lipinski definition) is 2. The summed E-state index contributed by atoms with van der Waals surface area (Å²) in [5, 5.41) is 12.1. The number of hydrogen-bond acceptors (Lipinski definition) is 3. The number of nitrogens with one attached hydrogen (secondary N) is 1. The molecule has 0 aromatic heterocycles. The molecule has 1 atom stereocenters. The molecular weight excluding hydrogens is 178 g/mol. The van der Waals surface area contributed by atoms with E-state index in [0.717, 1.165) is 45.6 Å². The Balaban J connectivity index is 3.15. The van der Waals surface area contributed by atoms with E-state index in [1.807, 2.05) is 0 Å². The maximum absolute atomic E-state index is 8.79. The first-order valence-corrected chi connectivity index (χ1v) is 5.74. The van der Waals surface area contributed by atoms with E-state index in [1.165, 1.54) is 0 Å². The largest absolute Gasteiger partial charge is 0.396 e. The van der Waals surface area contributed by atoms with Crippen molar-refractivity contribution < 1.29 is 9.84 Å². The lowest BCUT2D eigenvalue weighted by Crippen LogP contribution is -2.26. The molecular formula is C11H25NO2. The molecule has 0 aromatic rings. The highest BCUT2D eigenvalue weighted by molar-refractivity contribution is 4.59. The van der Waals surface area contributed by atoms with Crippen LogP contribution in [0.25, 0.3) is 0 Å². The zero-order valence-electron chi connectivity index (χ0n) is 9.59. The number of rotatable bonds is 10. The molecule has 1 unspecified atom stereocenters. The molecule has 0 saturated heterocycles. The topological polar surface area (TPSA) is 41.5 Å². The van der Waals surface area contributed by atoms with Crippen LogP contribution in [0.3, 0.4) is 0 Å². The molecule has 0 saturated carbocycles. The Bertz CT molecular complexity index is 109. The highest BCUT2D eigenvalue weighted by Gasteiger charge is 2.03. The van der Waals surface area contributed by atoms with Crippen LogP contribution in [-0.4, -0.2) is 38.0 Å². The summed E-state index contributed by atoms with van der Waals surface area (Å²) < 4.78 is 5.35. The Hall–Kier alpha value is -0.120. The minimum Gasteiger partial charge on any atom is -0.396 e. The minimum absolute atomic E-state index is 0.298. The summed E-state index contributed by atoms with van der Waals surface area (Å²) in [6, 6.07) is 0. The van der Waals surface area contributed by atoms with Gasteiger partial charge in [-0.1, -0.05) is 20.3 Å². The van der Waals surface area contributed by atoms with Gasteiger partial charge in [0.2, 0.25) is 0 Å². The SMILES string of the molecule is CCCOCCNCC(CC)CCO. The highest BCUT2D eigenvalue weighted by atomic mass is 16.5. The Morgan fingerprint density at radius 1 is 1.29 bits per heavy atom. The van der Waals surface area contributed by atoms with Crippen LogP contribution in [0.2, 0.25) is 0 Å². The van der Waals surface area contributed by atoms with Gasteiger partial charge >= 0.3 is 0 Å². The predicted molar refractivity (Wildman–Crippen MR) is 59.5 cm³/mol. The van der Waals surface area contributed by atoms with Gasteiger partial charge in [0.1, 0.15) is 0 Å². The van der Waals surface area contributed by atoms with Crippen LogP contribution < -0.4 is 5.32 Å². The van der Waals surface area contributed by atoms with E-state index in [1.54, 1.807) is 0 Å². The standard InChI is InChI=1S/C11H25NO2/c1-3-8-14-9-6-12-10-11(4-2)5-7-13/h11-13H,3-10H2,1-2H3. The Morgan fingerprint density at radius 2 is 2.07 bits per heavy atom. The molecule has 0 aliphatic carbocycles. The fourth-order valence-corrected chi connectivity index (χ4v) is 1.33. The second-order valence-electron chi connectivity index (χ2n) is 3.60. The van der Waals surface area contributed by atoms with E-state index in [9.17, 15) is 0 Å². The normalized spacial score (nSPS) is 13.1. The molecule has 2 N–H and O–H groups in total. The molecule has 0 aromatic carbocycles. The Kier molecular flexibility index (Phi) is 10.9. The summed E-state index contributed by atoms with van der Waals surface area (Å²) in [7, 11) is 0. The maximum Gasteiger partial charge on any atom is 0.0590 e. The van der Waals surface area contributed by atoms with Gasteiger partial charge in [-0.25, -0.2) is 0 Å². The fourth-order valence-electron chi connectivity index (χ4n) is 1.33. The molecule has 0 heterocycles. The van der Waals surface area contributed by atoms with E-state index in [4.69, 9.17) is 9.84 Å². The maximum atomic E-state index is 8.79. The van der Waals surface area contributed by atoms with Crippen LogP contribution >= 0.6 is 0 Å². The van der Waals surface area contributed by atoms with Gasteiger partial charge in [-0.05, 0) is 25.3 Å². The third-order valence-electron chi connectivity index (χ3n) is 2.32. The first kappa shape index (κ1) is 13.9.